The Labute approximate surface area is 209 Å². The van der Waals surface area contributed by atoms with Gasteiger partial charge in [0.25, 0.3) is 5.91 Å². The molecule has 0 radical (unpaired) electrons. The van der Waals surface area contributed by atoms with Gasteiger partial charge in [-0.2, -0.15) is 0 Å². The van der Waals surface area contributed by atoms with E-state index in [1.54, 1.807) is 42.8 Å². The third-order valence-electron chi connectivity index (χ3n) is 7.08. The fourth-order valence-electron chi connectivity index (χ4n) is 5.17. The van der Waals surface area contributed by atoms with Gasteiger partial charge in [-0.3, -0.25) is 9.59 Å². The fraction of sp³-hybridized carbons (Fsp3) is 0.370. The second-order valence-corrected chi connectivity index (χ2v) is 9.29. The van der Waals surface area contributed by atoms with Crippen LogP contribution < -0.4 is 14.7 Å². The minimum atomic E-state index is -0.803. The van der Waals surface area contributed by atoms with Crippen molar-refractivity contribution in [1.29, 1.82) is 0 Å². The standard InChI is InChI=1S/C27H30N4O5/c1-17-6-5-9-30-22(18(2)28-26(17)30)24(32)21-23(19-7-4-8-20(16-19)35-3)31(27(34)25(21)33)11-10-29-12-14-36-15-13-29/h4-9,16,23,32H,10-15H2,1-3H3/b24-21+. The summed E-state index contributed by atoms with van der Waals surface area (Å²) in [5.74, 6) is -1.29. The molecule has 0 saturated carbocycles. The molecule has 5 rings (SSSR count). The average Bonchev–Trinajstić information content (AvgIpc) is 3.37. The minimum absolute atomic E-state index is 0.0448. The summed E-state index contributed by atoms with van der Waals surface area (Å²) in [4.78, 5) is 34.2. The van der Waals surface area contributed by atoms with Crippen LogP contribution in [0.2, 0.25) is 0 Å². The molecule has 4 heterocycles. The van der Waals surface area contributed by atoms with Crippen LogP contribution in [0, 0.1) is 13.8 Å². The molecule has 36 heavy (non-hydrogen) atoms. The van der Waals surface area contributed by atoms with Crippen molar-refractivity contribution >= 4 is 23.1 Å². The van der Waals surface area contributed by atoms with E-state index >= 15 is 0 Å². The molecule has 2 aliphatic heterocycles. The van der Waals surface area contributed by atoms with E-state index in [9.17, 15) is 14.7 Å². The highest BCUT2D eigenvalue weighted by molar-refractivity contribution is 6.46. The molecule has 1 atom stereocenters. The minimum Gasteiger partial charge on any atom is -0.871 e. The van der Waals surface area contributed by atoms with E-state index in [1.165, 1.54) is 9.80 Å². The average molecular weight is 491 g/mol. The molecule has 1 N–H and O–H groups in total. The van der Waals surface area contributed by atoms with Crippen LogP contribution in [0.3, 0.4) is 0 Å². The van der Waals surface area contributed by atoms with Crippen LogP contribution >= 0.6 is 0 Å². The molecule has 3 aromatic rings. The number of ether oxygens (including phenoxy) is 2. The van der Waals surface area contributed by atoms with Gasteiger partial charge in [-0.1, -0.05) is 24.0 Å². The van der Waals surface area contributed by atoms with Crippen LogP contribution in [0.5, 0.6) is 5.75 Å². The maximum absolute atomic E-state index is 14.0. The van der Waals surface area contributed by atoms with E-state index in [1.807, 2.05) is 25.1 Å². The third-order valence-corrected chi connectivity index (χ3v) is 7.08. The lowest BCUT2D eigenvalue weighted by Gasteiger charge is -2.30. The molecule has 2 aliphatic rings. The Hall–Kier alpha value is -3.69. The number of morpholine rings is 1. The Balaban J connectivity index is 1.63. The number of fused-ring (bicyclic) bond motifs is 1. The maximum Gasteiger partial charge on any atom is 0.295 e. The Kier molecular flexibility index (Phi) is 6.51. The molecule has 1 amide bonds. The molecule has 1 aromatic carbocycles. The number of aryl methyl sites for hydroxylation is 2. The summed E-state index contributed by atoms with van der Waals surface area (Å²) in [6.07, 6.45) is 1.76. The number of pyridine rings is 1. The summed E-state index contributed by atoms with van der Waals surface area (Å²) in [6.45, 7) is 7.71. The molecule has 0 spiro atoms. The first-order chi connectivity index (χ1) is 17.4. The number of carbonyl (C=O) groups is 2. The monoisotopic (exact) mass is 490 g/mol. The highest BCUT2D eigenvalue weighted by atomic mass is 16.5. The quantitative estimate of drug-likeness (QED) is 0.299. The molecule has 2 saturated heterocycles. The molecule has 2 aromatic heterocycles. The Morgan fingerprint density at radius 1 is 1.19 bits per heavy atom. The van der Waals surface area contributed by atoms with Gasteiger partial charge >= 0.3 is 0 Å². The van der Waals surface area contributed by atoms with Gasteiger partial charge in [0.1, 0.15) is 24.5 Å². The van der Waals surface area contributed by atoms with Crippen molar-refractivity contribution in [2.75, 3.05) is 46.5 Å². The van der Waals surface area contributed by atoms with Gasteiger partial charge in [0.15, 0.2) is 0 Å². The molecule has 0 bridgehead atoms. The number of carbonyl (C=O) groups excluding carboxylic acids is 2. The van der Waals surface area contributed by atoms with Gasteiger partial charge in [-0.25, -0.2) is 4.98 Å². The highest BCUT2D eigenvalue weighted by Gasteiger charge is 2.45. The van der Waals surface area contributed by atoms with Crippen molar-refractivity contribution in [2.45, 2.75) is 19.9 Å². The number of imidazole rings is 1. The van der Waals surface area contributed by atoms with Gasteiger partial charge in [0, 0.05) is 11.8 Å². The molecule has 9 heteroatoms. The van der Waals surface area contributed by atoms with Gasteiger partial charge in [0.2, 0.25) is 5.78 Å². The third kappa shape index (κ3) is 4.14. The second-order valence-electron chi connectivity index (χ2n) is 9.29. The van der Waals surface area contributed by atoms with Crippen LogP contribution in [0.4, 0.5) is 0 Å². The summed E-state index contributed by atoms with van der Waals surface area (Å²) in [5, 5.41) is 14.0. The second kappa shape index (κ2) is 9.75. The largest absolute Gasteiger partial charge is 0.871 e. The van der Waals surface area contributed by atoms with Crippen molar-refractivity contribution in [3.8, 4) is 5.75 Å². The predicted molar refractivity (Wildman–Crippen MR) is 130 cm³/mol. The Morgan fingerprint density at radius 2 is 1.97 bits per heavy atom. The predicted octanol–water partition coefficient (Wildman–Crippen LogP) is 0.0988. The summed E-state index contributed by atoms with van der Waals surface area (Å²) in [6, 6.07) is 10.2. The fourth-order valence-corrected chi connectivity index (χ4v) is 5.17. The molecule has 1 unspecified atom stereocenters. The van der Waals surface area contributed by atoms with Gasteiger partial charge in [0.05, 0.1) is 50.8 Å². The number of likely N-dealkylation sites (tertiary alicyclic amines) is 1. The van der Waals surface area contributed by atoms with Crippen LogP contribution in [-0.4, -0.2) is 72.5 Å². The first-order valence-electron chi connectivity index (χ1n) is 12.2. The van der Waals surface area contributed by atoms with E-state index in [0.29, 0.717) is 54.7 Å². The van der Waals surface area contributed by atoms with E-state index in [4.69, 9.17) is 9.47 Å². The number of Topliss-reactive ketones (excluding diaryl/α,β-unsaturated/α-hetero) is 1. The van der Waals surface area contributed by atoms with Gasteiger partial charge in [-0.05, 0) is 43.2 Å². The van der Waals surface area contributed by atoms with Crippen LogP contribution in [-0.2, 0) is 14.3 Å². The van der Waals surface area contributed by atoms with Crippen molar-refractivity contribution in [3.63, 3.8) is 0 Å². The summed E-state index contributed by atoms with van der Waals surface area (Å²) < 4.78 is 12.6. The SMILES string of the molecule is COc1cccc(C2/C(=C(\[O-])c3c(C)nc4c(C)cccn34)C(=O)C(=O)N2CC[NH+]2CCOCC2)c1. The Bertz CT molecular complexity index is 1360. The van der Waals surface area contributed by atoms with E-state index < -0.39 is 23.5 Å². The zero-order valence-corrected chi connectivity index (χ0v) is 20.7. The number of nitrogens with zero attached hydrogens (tertiary/aromatic N) is 3. The number of quaternary nitrogens is 1. The highest BCUT2D eigenvalue weighted by Crippen LogP contribution is 2.39. The van der Waals surface area contributed by atoms with Crippen molar-refractivity contribution in [3.05, 3.63) is 70.7 Å². The van der Waals surface area contributed by atoms with Crippen LogP contribution in [0.15, 0.2) is 48.2 Å². The zero-order valence-electron chi connectivity index (χ0n) is 20.7. The number of ketones is 1. The number of methoxy groups -OCH3 is 1. The van der Waals surface area contributed by atoms with Crippen molar-refractivity contribution in [1.82, 2.24) is 14.3 Å². The first-order valence-corrected chi connectivity index (χ1v) is 12.2. The number of aromatic nitrogens is 2. The number of hydrogen-bond acceptors (Lipinski definition) is 6. The molecular weight excluding hydrogens is 460 g/mol. The topological polar surface area (TPSA) is 101 Å². The first kappa shape index (κ1) is 24.0. The smallest absolute Gasteiger partial charge is 0.295 e. The molecule has 0 aliphatic carbocycles. The summed E-state index contributed by atoms with van der Waals surface area (Å²) >= 11 is 0. The van der Waals surface area contributed by atoms with E-state index in [2.05, 4.69) is 4.98 Å². The number of rotatable bonds is 6. The lowest BCUT2D eigenvalue weighted by molar-refractivity contribution is -0.907. The Morgan fingerprint density at radius 3 is 2.72 bits per heavy atom. The lowest BCUT2D eigenvalue weighted by atomic mass is 9.96. The number of benzene rings is 1. The maximum atomic E-state index is 14.0. The lowest BCUT2D eigenvalue weighted by Crippen LogP contribution is -3.14. The van der Waals surface area contributed by atoms with Gasteiger partial charge < -0.3 is 28.8 Å². The number of hydrogen-bond donors (Lipinski definition) is 1. The molecule has 188 valence electrons. The van der Waals surface area contributed by atoms with Gasteiger partial charge in [-0.15, -0.1) is 0 Å². The van der Waals surface area contributed by atoms with E-state index in [-0.39, 0.29) is 5.57 Å². The molecular formula is C27H30N4O5. The zero-order chi connectivity index (χ0) is 25.4. The van der Waals surface area contributed by atoms with Crippen LogP contribution in [0.25, 0.3) is 11.4 Å². The van der Waals surface area contributed by atoms with E-state index in [0.717, 1.165) is 18.7 Å². The number of nitrogens with one attached hydrogen (secondary N) is 1. The molecule has 9 nitrogen and oxygen atoms in total. The van der Waals surface area contributed by atoms with Crippen molar-refractivity contribution in [2.24, 2.45) is 0 Å². The normalized spacial score (nSPS) is 20.4. The molecule has 2 fully saturated rings. The summed E-state index contributed by atoms with van der Waals surface area (Å²) in [5.41, 5.74) is 3.01. The summed E-state index contributed by atoms with van der Waals surface area (Å²) in [7, 11) is 1.56. The van der Waals surface area contributed by atoms with Crippen molar-refractivity contribution < 1.29 is 29.1 Å². The van der Waals surface area contributed by atoms with Crippen LogP contribution in [0.1, 0.15) is 28.6 Å². The number of amides is 1.